The number of aromatic nitrogens is 2. The van der Waals surface area contributed by atoms with Crippen molar-refractivity contribution in [3.05, 3.63) is 36.7 Å². The quantitative estimate of drug-likeness (QED) is 0.665. The minimum Gasteiger partial charge on any atom is -0.450 e. The molecule has 0 amide bonds. The summed E-state index contributed by atoms with van der Waals surface area (Å²) in [4.78, 5) is 16.8. The van der Waals surface area contributed by atoms with E-state index >= 15 is 0 Å². The fourth-order valence-corrected chi connectivity index (χ4v) is 0.904. The Balaban J connectivity index is 0.000000213. The van der Waals surface area contributed by atoms with E-state index in [4.69, 9.17) is 15.0 Å². The lowest BCUT2D eigenvalue weighted by Crippen LogP contribution is -1.81. The summed E-state index contributed by atoms with van der Waals surface area (Å²) in [6.07, 6.45) is 1.70. The van der Waals surface area contributed by atoms with Crippen molar-refractivity contribution in [1.29, 1.82) is 0 Å². The van der Waals surface area contributed by atoms with Gasteiger partial charge in [0.2, 0.25) is 0 Å². The van der Waals surface area contributed by atoms with Gasteiger partial charge < -0.3 is 10.2 Å². The normalized spacial score (nSPS) is 8.86. The maximum atomic E-state index is 8.56. The Hall–Kier alpha value is -2.17. The average Bonchev–Trinajstić information content (AvgIpc) is 2.17. The van der Waals surface area contributed by atoms with Crippen LogP contribution in [0.4, 0.5) is 4.79 Å². The van der Waals surface area contributed by atoms with Gasteiger partial charge in [-0.25, -0.2) is 4.79 Å². The zero-order chi connectivity index (χ0) is 10.4. The molecule has 0 fully saturated rings. The average molecular weight is 192 g/mol. The number of hydrogen-bond acceptors (Lipinski definition) is 3. The lowest BCUT2D eigenvalue weighted by Gasteiger charge is -1.90. The van der Waals surface area contributed by atoms with Crippen molar-refractivity contribution in [3.63, 3.8) is 0 Å². The van der Waals surface area contributed by atoms with Crippen LogP contribution >= 0.6 is 0 Å². The van der Waals surface area contributed by atoms with E-state index in [0.29, 0.717) is 0 Å². The topological polar surface area (TPSA) is 83.3 Å². The Kier molecular flexibility index (Phi) is 3.37. The molecule has 0 unspecified atom stereocenters. The van der Waals surface area contributed by atoms with Crippen LogP contribution in [0.1, 0.15) is 0 Å². The molecule has 72 valence electrons. The molecule has 0 atom stereocenters. The lowest BCUT2D eigenvalue weighted by atomic mass is 10.3. The maximum Gasteiger partial charge on any atom is 0.503 e. The van der Waals surface area contributed by atoms with Crippen molar-refractivity contribution in [1.82, 2.24) is 9.97 Å². The van der Waals surface area contributed by atoms with Crippen molar-refractivity contribution in [2.45, 2.75) is 0 Å². The van der Waals surface area contributed by atoms with E-state index in [1.54, 1.807) is 12.4 Å². The highest BCUT2D eigenvalue weighted by molar-refractivity contribution is 5.72. The molecule has 0 spiro atoms. The Labute approximate surface area is 79.7 Å². The summed E-state index contributed by atoms with van der Waals surface area (Å²) in [5, 5.41) is 13.9. The van der Waals surface area contributed by atoms with Gasteiger partial charge >= 0.3 is 6.16 Å². The molecule has 0 aliphatic heterocycles. The molecule has 2 N–H and O–H groups in total. The molecule has 0 saturated heterocycles. The first-order chi connectivity index (χ1) is 6.70. The van der Waals surface area contributed by atoms with Gasteiger partial charge in [0.25, 0.3) is 0 Å². The molecule has 2 aromatic heterocycles. The van der Waals surface area contributed by atoms with Gasteiger partial charge in [-0.3, -0.25) is 9.97 Å². The molecule has 0 aliphatic carbocycles. The van der Waals surface area contributed by atoms with E-state index in [1.807, 2.05) is 24.3 Å². The van der Waals surface area contributed by atoms with Gasteiger partial charge in [0.05, 0.1) is 11.0 Å². The minimum absolute atomic E-state index is 0.949. The summed E-state index contributed by atoms with van der Waals surface area (Å²) >= 11 is 0. The van der Waals surface area contributed by atoms with Crippen LogP contribution in [0.3, 0.4) is 0 Å². The van der Waals surface area contributed by atoms with Crippen LogP contribution in [0.5, 0.6) is 0 Å². The van der Waals surface area contributed by atoms with Gasteiger partial charge in [-0.15, -0.1) is 0 Å². The molecule has 2 aromatic rings. The summed E-state index contributed by atoms with van der Waals surface area (Å²) in [6, 6.07) is 7.66. The van der Waals surface area contributed by atoms with E-state index in [2.05, 4.69) is 9.97 Å². The van der Waals surface area contributed by atoms with E-state index in [9.17, 15) is 0 Å². The minimum atomic E-state index is -1.83. The van der Waals surface area contributed by atoms with Crippen LogP contribution in [0.15, 0.2) is 36.7 Å². The molecule has 0 radical (unpaired) electrons. The predicted molar refractivity (Wildman–Crippen MR) is 50.2 cm³/mol. The molecule has 0 saturated carbocycles. The predicted octanol–water partition coefficient (Wildman–Crippen LogP) is 1.85. The molecule has 0 bridgehead atoms. The zero-order valence-electron chi connectivity index (χ0n) is 7.16. The second-order valence-electron chi connectivity index (χ2n) is 2.33. The van der Waals surface area contributed by atoms with Gasteiger partial charge in [-0.2, -0.15) is 0 Å². The maximum absolute atomic E-state index is 8.56. The number of carboxylic acid groups (broad SMARTS) is 2. The largest absolute Gasteiger partial charge is 0.503 e. The van der Waals surface area contributed by atoms with Crippen molar-refractivity contribution in [2.75, 3.05) is 0 Å². The van der Waals surface area contributed by atoms with Gasteiger partial charge in [0.15, 0.2) is 0 Å². The SMILES string of the molecule is O=C(O)O.c1cnc2cccnc2c1. The zero-order valence-corrected chi connectivity index (χ0v) is 7.16. The van der Waals surface area contributed by atoms with Crippen molar-refractivity contribution in [3.8, 4) is 0 Å². The first-order valence-electron chi connectivity index (χ1n) is 3.78. The summed E-state index contributed by atoms with van der Waals surface area (Å²) in [5.74, 6) is 0. The Morgan fingerprint density at radius 2 is 1.36 bits per heavy atom. The smallest absolute Gasteiger partial charge is 0.450 e. The van der Waals surface area contributed by atoms with Crippen molar-refractivity contribution in [2.24, 2.45) is 0 Å². The summed E-state index contributed by atoms with van der Waals surface area (Å²) in [6.45, 7) is 0. The molecule has 0 aliphatic rings. The molecule has 2 rings (SSSR count). The van der Waals surface area contributed by atoms with Crippen LogP contribution in [0, 0.1) is 0 Å². The molecule has 5 nitrogen and oxygen atoms in total. The number of fused-ring (bicyclic) bond motifs is 1. The number of rotatable bonds is 0. The highest BCUT2D eigenvalue weighted by atomic mass is 16.6. The van der Waals surface area contributed by atoms with E-state index < -0.39 is 6.16 Å². The first-order valence-corrected chi connectivity index (χ1v) is 3.78. The summed E-state index contributed by atoms with van der Waals surface area (Å²) in [7, 11) is 0. The van der Waals surface area contributed by atoms with Crippen LogP contribution in [0.2, 0.25) is 0 Å². The van der Waals surface area contributed by atoms with Gasteiger partial charge in [0.1, 0.15) is 0 Å². The highest BCUT2D eigenvalue weighted by Gasteiger charge is 1.88. The molecular formula is C9H8N2O3. The van der Waals surface area contributed by atoms with E-state index in [0.717, 1.165) is 11.0 Å². The van der Waals surface area contributed by atoms with E-state index in [1.165, 1.54) is 0 Å². The second kappa shape index (κ2) is 4.76. The summed E-state index contributed by atoms with van der Waals surface area (Å²) < 4.78 is 0. The van der Waals surface area contributed by atoms with Crippen molar-refractivity contribution >= 4 is 17.2 Å². The van der Waals surface area contributed by atoms with E-state index in [-0.39, 0.29) is 0 Å². The number of carbonyl (C=O) groups is 1. The fraction of sp³-hybridized carbons (Fsp3) is 0. The summed E-state index contributed by atoms with van der Waals surface area (Å²) in [5.41, 5.74) is 1.90. The first kappa shape index (κ1) is 9.91. The Morgan fingerprint density at radius 1 is 1.00 bits per heavy atom. The van der Waals surface area contributed by atoms with Crippen LogP contribution in [-0.2, 0) is 0 Å². The number of nitrogens with zero attached hydrogens (tertiary/aromatic N) is 2. The number of pyridine rings is 2. The van der Waals surface area contributed by atoms with Crippen LogP contribution in [0.25, 0.3) is 11.0 Å². The molecule has 0 aromatic carbocycles. The van der Waals surface area contributed by atoms with Gasteiger partial charge in [0, 0.05) is 12.4 Å². The Morgan fingerprint density at radius 3 is 1.71 bits per heavy atom. The van der Waals surface area contributed by atoms with Crippen LogP contribution < -0.4 is 0 Å². The molecule has 5 heteroatoms. The van der Waals surface area contributed by atoms with Crippen LogP contribution in [-0.4, -0.2) is 26.3 Å². The van der Waals surface area contributed by atoms with Gasteiger partial charge in [-0.05, 0) is 24.3 Å². The monoisotopic (exact) mass is 192 g/mol. The third-order valence-corrected chi connectivity index (χ3v) is 1.37. The van der Waals surface area contributed by atoms with Gasteiger partial charge in [-0.1, -0.05) is 0 Å². The Bertz CT molecular complexity index is 362. The molecule has 14 heavy (non-hydrogen) atoms. The third-order valence-electron chi connectivity index (χ3n) is 1.37. The molecule has 2 heterocycles. The van der Waals surface area contributed by atoms with Crippen molar-refractivity contribution < 1.29 is 15.0 Å². The second-order valence-corrected chi connectivity index (χ2v) is 2.33. The fourth-order valence-electron chi connectivity index (χ4n) is 0.904. The standard InChI is InChI=1S/C8H6N2.CH2O3/c1-3-7-8(9-5-1)4-2-6-10-7;2-1(3)4/h1-6H;(H2,2,3,4). The third kappa shape index (κ3) is 3.06. The molecular weight excluding hydrogens is 184 g/mol. The highest BCUT2D eigenvalue weighted by Crippen LogP contribution is 2.04. The number of hydrogen-bond donors (Lipinski definition) is 2. The lowest BCUT2D eigenvalue weighted by molar-refractivity contribution is 0.137.